The zero-order chi connectivity index (χ0) is 23.4. The van der Waals surface area contributed by atoms with Crippen molar-refractivity contribution in [1.82, 2.24) is 0 Å². The lowest BCUT2D eigenvalue weighted by Crippen LogP contribution is -2.14. The maximum atomic E-state index is 6.42. The highest BCUT2D eigenvalue weighted by Crippen LogP contribution is 2.45. The molecule has 33 heavy (non-hydrogen) atoms. The Hall–Kier alpha value is -3.32. The van der Waals surface area contributed by atoms with E-state index in [1.54, 1.807) is 0 Å². The highest BCUT2D eigenvalue weighted by Gasteiger charge is 2.27. The van der Waals surface area contributed by atoms with E-state index in [2.05, 4.69) is 126 Å². The fourth-order valence-electron chi connectivity index (χ4n) is 4.94. The number of hydrogen-bond donors (Lipinski definition) is 0. The Labute approximate surface area is 197 Å². The number of rotatable bonds is 2. The van der Waals surface area contributed by atoms with Gasteiger partial charge in [0.1, 0.15) is 11.2 Å². The Bertz CT molecular complexity index is 1450. The molecule has 1 nitrogen and oxygen atoms in total. The Balaban J connectivity index is 1.90. The van der Waals surface area contributed by atoms with Crippen LogP contribution in [0.4, 0.5) is 0 Å². The SMILES string of the molecule is CC(C)(C)c1cccc(-c2ccc3oc4cccc(-c5ccccc5)c4c3c2C(C)(C)C)c1. The van der Waals surface area contributed by atoms with E-state index in [1.165, 1.54) is 44.2 Å². The molecule has 166 valence electrons. The summed E-state index contributed by atoms with van der Waals surface area (Å²) >= 11 is 0. The topological polar surface area (TPSA) is 13.1 Å². The average Bonchev–Trinajstić information content (AvgIpc) is 3.16. The largest absolute Gasteiger partial charge is 0.456 e. The summed E-state index contributed by atoms with van der Waals surface area (Å²) in [7, 11) is 0. The lowest BCUT2D eigenvalue weighted by atomic mass is 9.77. The number of fused-ring (bicyclic) bond motifs is 3. The molecule has 1 aromatic heterocycles. The molecule has 0 saturated heterocycles. The second-order valence-corrected chi connectivity index (χ2v) is 11.1. The zero-order valence-electron chi connectivity index (χ0n) is 20.5. The van der Waals surface area contributed by atoms with Gasteiger partial charge in [0.25, 0.3) is 0 Å². The van der Waals surface area contributed by atoms with Crippen LogP contribution >= 0.6 is 0 Å². The van der Waals surface area contributed by atoms with E-state index >= 15 is 0 Å². The van der Waals surface area contributed by atoms with Crippen LogP contribution in [0.25, 0.3) is 44.2 Å². The molecule has 0 atom stereocenters. The van der Waals surface area contributed by atoms with Gasteiger partial charge in [-0.2, -0.15) is 0 Å². The second kappa shape index (κ2) is 7.63. The van der Waals surface area contributed by atoms with Crippen LogP contribution in [0.2, 0.25) is 0 Å². The third-order valence-corrected chi connectivity index (χ3v) is 6.54. The zero-order valence-corrected chi connectivity index (χ0v) is 20.5. The quantitative estimate of drug-likeness (QED) is 0.271. The minimum Gasteiger partial charge on any atom is -0.456 e. The molecule has 0 radical (unpaired) electrons. The van der Waals surface area contributed by atoms with E-state index in [1.807, 2.05) is 0 Å². The molecule has 5 aromatic rings. The maximum absolute atomic E-state index is 6.42. The van der Waals surface area contributed by atoms with Crippen LogP contribution in [0.5, 0.6) is 0 Å². The fourth-order valence-corrected chi connectivity index (χ4v) is 4.94. The van der Waals surface area contributed by atoms with Crippen LogP contribution in [0, 0.1) is 0 Å². The van der Waals surface area contributed by atoms with E-state index in [9.17, 15) is 0 Å². The molecule has 0 aliphatic carbocycles. The Kier molecular flexibility index (Phi) is 4.97. The lowest BCUT2D eigenvalue weighted by molar-refractivity contribution is 0.590. The molecule has 0 spiro atoms. The minimum absolute atomic E-state index is 0.0623. The van der Waals surface area contributed by atoms with Gasteiger partial charge >= 0.3 is 0 Å². The fraction of sp³-hybridized carbons (Fsp3) is 0.250. The van der Waals surface area contributed by atoms with Gasteiger partial charge in [-0.3, -0.25) is 0 Å². The first kappa shape index (κ1) is 21.5. The molecule has 0 unspecified atom stereocenters. The van der Waals surface area contributed by atoms with Crippen molar-refractivity contribution in [2.24, 2.45) is 0 Å². The second-order valence-electron chi connectivity index (χ2n) is 11.1. The van der Waals surface area contributed by atoms with Crippen molar-refractivity contribution < 1.29 is 4.42 Å². The van der Waals surface area contributed by atoms with Crippen molar-refractivity contribution >= 4 is 21.9 Å². The predicted molar refractivity (Wildman–Crippen MR) is 142 cm³/mol. The van der Waals surface area contributed by atoms with Crippen LogP contribution in [0.3, 0.4) is 0 Å². The van der Waals surface area contributed by atoms with E-state index in [-0.39, 0.29) is 10.8 Å². The highest BCUT2D eigenvalue weighted by molar-refractivity contribution is 6.15. The molecule has 1 heteroatoms. The third-order valence-electron chi connectivity index (χ3n) is 6.54. The molecule has 0 N–H and O–H groups in total. The summed E-state index contributed by atoms with van der Waals surface area (Å²) in [6.45, 7) is 13.7. The Morgan fingerprint density at radius 1 is 0.515 bits per heavy atom. The highest BCUT2D eigenvalue weighted by atomic mass is 16.3. The number of benzene rings is 4. The van der Waals surface area contributed by atoms with Crippen LogP contribution < -0.4 is 0 Å². The normalized spacial score (nSPS) is 12.5. The van der Waals surface area contributed by atoms with Gasteiger partial charge in [0.2, 0.25) is 0 Å². The number of hydrogen-bond acceptors (Lipinski definition) is 1. The Morgan fingerprint density at radius 3 is 1.88 bits per heavy atom. The van der Waals surface area contributed by atoms with Crippen molar-refractivity contribution in [3.05, 3.63) is 96.1 Å². The number of furan rings is 1. The first-order valence-electron chi connectivity index (χ1n) is 11.8. The summed E-state index contributed by atoms with van der Waals surface area (Å²) in [6.07, 6.45) is 0. The van der Waals surface area contributed by atoms with Gasteiger partial charge < -0.3 is 4.42 Å². The van der Waals surface area contributed by atoms with Crippen LogP contribution in [0.15, 0.2) is 89.3 Å². The average molecular weight is 433 g/mol. The van der Waals surface area contributed by atoms with Crippen molar-refractivity contribution in [2.45, 2.75) is 52.4 Å². The maximum Gasteiger partial charge on any atom is 0.136 e. The molecule has 0 aliphatic rings. The van der Waals surface area contributed by atoms with Crippen LogP contribution in [-0.2, 0) is 10.8 Å². The monoisotopic (exact) mass is 432 g/mol. The van der Waals surface area contributed by atoms with Crippen LogP contribution in [0.1, 0.15) is 52.7 Å². The van der Waals surface area contributed by atoms with Gasteiger partial charge in [-0.1, -0.05) is 114 Å². The molecule has 0 saturated carbocycles. The van der Waals surface area contributed by atoms with Gasteiger partial charge in [0, 0.05) is 10.8 Å². The van der Waals surface area contributed by atoms with Crippen molar-refractivity contribution in [2.75, 3.05) is 0 Å². The summed E-state index contributed by atoms with van der Waals surface area (Å²) in [6, 6.07) is 30.5. The molecule has 4 aromatic carbocycles. The molecule has 0 amide bonds. The standard InChI is InChI=1S/C32H32O/c1-31(2,3)23-15-10-14-22(20-23)25-18-19-27-29(30(25)32(4,5)6)28-24(16-11-17-26(28)33-27)21-12-8-7-9-13-21/h7-20H,1-6H3. The summed E-state index contributed by atoms with van der Waals surface area (Å²) in [5.74, 6) is 0. The van der Waals surface area contributed by atoms with E-state index < -0.39 is 0 Å². The third kappa shape index (κ3) is 3.76. The van der Waals surface area contributed by atoms with E-state index in [4.69, 9.17) is 4.42 Å². The summed E-state index contributed by atoms with van der Waals surface area (Å²) in [4.78, 5) is 0. The molecule has 0 aliphatic heterocycles. The van der Waals surface area contributed by atoms with Gasteiger partial charge in [-0.25, -0.2) is 0 Å². The van der Waals surface area contributed by atoms with Gasteiger partial charge in [-0.05, 0) is 56.3 Å². The first-order valence-corrected chi connectivity index (χ1v) is 11.8. The molecule has 1 heterocycles. The van der Waals surface area contributed by atoms with E-state index in [0.717, 1.165) is 11.2 Å². The first-order chi connectivity index (χ1) is 15.6. The summed E-state index contributed by atoms with van der Waals surface area (Å²) < 4.78 is 6.42. The van der Waals surface area contributed by atoms with Gasteiger partial charge in [0.15, 0.2) is 0 Å². The summed E-state index contributed by atoms with van der Waals surface area (Å²) in [5, 5.41) is 2.44. The van der Waals surface area contributed by atoms with Crippen molar-refractivity contribution in [3.63, 3.8) is 0 Å². The molecule has 5 rings (SSSR count). The van der Waals surface area contributed by atoms with Crippen LogP contribution in [-0.4, -0.2) is 0 Å². The molecular formula is C32H32O. The molecule has 0 bridgehead atoms. The smallest absolute Gasteiger partial charge is 0.136 e. The van der Waals surface area contributed by atoms with Crippen molar-refractivity contribution in [1.29, 1.82) is 0 Å². The minimum atomic E-state index is -0.0623. The lowest BCUT2D eigenvalue weighted by Gasteiger charge is -2.26. The Morgan fingerprint density at radius 2 is 1.18 bits per heavy atom. The van der Waals surface area contributed by atoms with E-state index in [0.29, 0.717) is 0 Å². The van der Waals surface area contributed by atoms with Gasteiger partial charge in [0.05, 0.1) is 0 Å². The predicted octanol–water partition coefficient (Wildman–Crippen LogP) is 9.51. The summed E-state index contributed by atoms with van der Waals surface area (Å²) in [5.41, 5.74) is 9.61. The van der Waals surface area contributed by atoms with Gasteiger partial charge in [-0.15, -0.1) is 0 Å². The molecule has 0 fully saturated rings. The molecular weight excluding hydrogens is 400 g/mol. The van der Waals surface area contributed by atoms with Crippen molar-refractivity contribution in [3.8, 4) is 22.3 Å².